The Balaban J connectivity index is 2.30. The Labute approximate surface area is 105 Å². The third kappa shape index (κ3) is 4.77. The van der Waals surface area contributed by atoms with Gasteiger partial charge in [0.2, 0.25) is 0 Å². The van der Waals surface area contributed by atoms with E-state index in [2.05, 4.69) is 20.8 Å². The fraction of sp³-hybridized carbons (Fsp3) is 0.727. The normalized spacial score (nSPS) is 16.5. The van der Waals surface area contributed by atoms with Gasteiger partial charge in [0.05, 0.1) is 6.42 Å². The Kier molecular flexibility index (Phi) is 4.56. The first-order valence-corrected chi connectivity index (χ1v) is 6.49. The third-order valence-electron chi connectivity index (χ3n) is 2.04. The Morgan fingerprint density at radius 1 is 1.29 bits per heavy atom. The van der Waals surface area contributed by atoms with Crippen LogP contribution in [0, 0.1) is 0 Å². The zero-order chi connectivity index (χ0) is 13.1. The number of nitrogens with zero attached hydrogens (tertiary/aromatic N) is 1. The van der Waals surface area contributed by atoms with E-state index in [0.29, 0.717) is 10.8 Å². The number of hydrogen-bond donors (Lipinski definition) is 0. The molecule has 0 aromatic carbocycles. The molecule has 2 amide bonds. The van der Waals surface area contributed by atoms with Gasteiger partial charge in [-0.2, -0.15) is 11.8 Å². The molecule has 0 N–H and O–H groups in total. The first-order chi connectivity index (χ1) is 7.79. The van der Waals surface area contributed by atoms with Gasteiger partial charge in [0.15, 0.2) is 0 Å². The summed E-state index contributed by atoms with van der Waals surface area (Å²) < 4.78 is 0.0829. The van der Waals surface area contributed by atoms with Gasteiger partial charge in [0.25, 0.3) is 11.8 Å². The van der Waals surface area contributed by atoms with Crippen LogP contribution in [0.25, 0.3) is 0 Å². The monoisotopic (exact) mass is 259 g/mol. The number of amides is 2. The minimum absolute atomic E-state index is 0.0829. The van der Waals surface area contributed by atoms with Crippen LogP contribution >= 0.6 is 11.8 Å². The molecule has 0 unspecified atom stereocenters. The van der Waals surface area contributed by atoms with Gasteiger partial charge < -0.3 is 4.84 Å². The second-order valence-electron chi connectivity index (χ2n) is 4.76. The fourth-order valence-electron chi connectivity index (χ4n) is 1.25. The zero-order valence-corrected chi connectivity index (χ0v) is 11.1. The summed E-state index contributed by atoms with van der Waals surface area (Å²) in [4.78, 5) is 38.5. The lowest BCUT2D eigenvalue weighted by molar-refractivity contribution is -0.197. The smallest absolute Gasteiger partial charge is 0.330 e. The number of hydrogen-bond acceptors (Lipinski definition) is 5. The number of hydroxylamine groups is 2. The predicted molar refractivity (Wildman–Crippen MR) is 64.0 cm³/mol. The first kappa shape index (κ1) is 14.0. The van der Waals surface area contributed by atoms with Gasteiger partial charge in [-0.3, -0.25) is 9.59 Å². The van der Waals surface area contributed by atoms with Crippen LogP contribution in [-0.4, -0.2) is 33.3 Å². The molecule has 6 heteroatoms. The standard InChI is InChI=1S/C11H17NO4S/c1-11(2,3)17-7-6-10(15)16-12-8(13)4-5-9(12)14/h4-7H2,1-3H3. The molecule has 1 saturated heterocycles. The molecule has 0 aromatic rings. The van der Waals surface area contributed by atoms with E-state index in [4.69, 9.17) is 4.84 Å². The molecule has 17 heavy (non-hydrogen) atoms. The van der Waals surface area contributed by atoms with Gasteiger partial charge in [0.1, 0.15) is 0 Å². The van der Waals surface area contributed by atoms with Crippen molar-refractivity contribution in [3.05, 3.63) is 0 Å². The van der Waals surface area contributed by atoms with Crippen molar-refractivity contribution in [2.24, 2.45) is 0 Å². The van der Waals surface area contributed by atoms with Crippen LogP contribution in [0.15, 0.2) is 0 Å². The number of thioether (sulfide) groups is 1. The molecule has 1 heterocycles. The molecule has 0 aliphatic carbocycles. The van der Waals surface area contributed by atoms with Gasteiger partial charge in [-0.05, 0) is 0 Å². The zero-order valence-electron chi connectivity index (χ0n) is 10.3. The predicted octanol–water partition coefficient (Wildman–Crippen LogP) is 1.52. The highest BCUT2D eigenvalue weighted by Gasteiger charge is 2.32. The minimum Gasteiger partial charge on any atom is -0.330 e. The van der Waals surface area contributed by atoms with Crippen LogP contribution in [-0.2, 0) is 19.2 Å². The van der Waals surface area contributed by atoms with Crippen molar-refractivity contribution in [1.29, 1.82) is 0 Å². The van der Waals surface area contributed by atoms with Crippen LogP contribution < -0.4 is 0 Å². The van der Waals surface area contributed by atoms with E-state index in [1.54, 1.807) is 11.8 Å². The van der Waals surface area contributed by atoms with Crippen molar-refractivity contribution in [3.8, 4) is 0 Å². The van der Waals surface area contributed by atoms with E-state index in [9.17, 15) is 14.4 Å². The van der Waals surface area contributed by atoms with E-state index in [0.717, 1.165) is 0 Å². The van der Waals surface area contributed by atoms with E-state index in [-0.39, 0.29) is 24.0 Å². The van der Waals surface area contributed by atoms with Gasteiger partial charge in [-0.25, -0.2) is 4.79 Å². The molecule has 0 atom stereocenters. The van der Waals surface area contributed by atoms with Crippen LogP contribution in [0.2, 0.25) is 0 Å². The average molecular weight is 259 g/mol. The van der Waals surface area contributed by atoms with Crippen molar-refractivity contribution < 1.29 is 19.2 Å². The summed E-state index contributed by atoms with van der Waals surface area (Å²) in [6.45, 7) is 6.16. The highest BCUT2D eigenvalue weighted by molar-refractivity contribution is 8.00. The molecular formula is C11H17NO4S. The number of imide groups is 1. The molecule has 0 aromatic heterocycles. The summed E-state index contributed by atoms with van der Waals surface area (Å²) in [5.74, 6) is -0.803. The van der Waals surface area contributed by atoms with Crippen molar-refractivity contribution >= 4 is 29.5 Å². The maximum Gasteiger partial charge on any atom is 0.334 e. The van der Waals surface area contributed by atoms with Crippen molar-refractivity contribution in [3.63, 3.8) is 0 Å². The maximum atomic E-state index is 11.4. The Morgan fingerprint density at radius 3 is 2.29 bits per heavy atom. The Morgan fingerprint density at radius 2 is 1.82 bits per heavy atom. The van der Waals surface area contributed by atoms with Crippen LogP contribution in [0.4, 0.5) is 0 Å². The van der Waals surface area contributed by atoms with E-state index >= 15 is 0 Å². The summed E-state index contributed by atoms with van der Waals surface area (Å²) in [5, 5.41) is 0.587. The summed E-state index contributed by atoms with van der Waals surface area (Å²) in [6, 6.07) is 0. The van der Waals surface area contributed by atoms with Crippen LogP contribution in [0.3, 0.4) is 0 Å². The molecule has 1 rings (SSSR count). The molecule has 0 spiro atoms. The van der Waals surface area contributed by atoms with E-state index in [1.807, 2.05) is 0 Å². The topological polar surface area (TPSA) is 63.7 Å². The molecule has 5 nitrogen and oxygen atoms in total. The van der Waals surface area contributed by atoms with Crippen molar-refractivity contribution in [2.75, 3.05) is 5.75 Å². The Bertz CT molecular complexity index is 319. The van der Waals surface area contributed by atoms with Crippen molar-refractivity contribution in [2.45, 2.75) is 44.8 Å². The van der Waals surface area contributed by atoms with Gasteiger partial charge in [-0.15, -0.1) is 5.06 Å². The SMILES string of the molecule is CC(C)(C)SCCC(=O)ON1C(=O)CCC1=O. The second kappa shape index (κ2) is 5.53. The molecule has 0 saturated carbocycles. The second-order valence-corrected chi connectivity index (χ2v) is 6.68. The first-order valence-electron chi connectivity index (χ1n) is 5.50. The lowest BCUT2D eigenvalue weighted by Gasteiger charge is -2.17. The van der Waals surface area contributed by atoms with E-state index < -0.39 is 17.8 Å². The van der Waals surface area contributed by atoms with Crippen LogP contribution in [0.5, 0.6) is 0 Å². The van der Waals surface area contributed by atoms with Crippen LogP contribution in [0.1, 0.15) is 40.0 Å². The maximum absolute atomic E-state index is 11.4. The lowest BCUT2D eigenvalue weighted by atomic mass is 10.3. The third-order valence-corrected chi connectivity index (χ3v) is 3.31. The van der Waals surface area contributed by atoms with Gasteiger partial charge in [-0.1, -0.05) is 20.8 Å². The average Bonchev–Trinajstić information content (AvgIpc) is 2.47. The Hall–Kier alpha value is -1.04. The summed E-state index contributed by atoms with van der Waals surface area (Å²) in [5.41, 5.74) is 0. The molecule has 0 radical (unpaired) electrons. The number of carbonyl (C=O) groups is 3. The highest BCUT2D eigenvalue weighted by Crippen LogP contribution is 2.24. The number of carbonyl (C=O) groups excluding carboxylic acids is 3. The fourth-order valence-corrected chi connectivity index (χ4v) is 2.13. The van der Waals surface area contributed by atoms with Gasteiger partial charge in [0, 0.05) is 23.3 Å². The summed E-state index contributed by atoms with van der Waals surface area (Å²) in [7, 11) is 0. The van der Waals surface area contributed by atoms with E-state index in [1.165, 1.54) is 0 Å². The molecular weight excluding hydrogens is 242 g/mol. The van der Waals surface area contributed by atoms with Gasteiger partial charge >= 0.3 is 5.97 Å². The largest absolute Gasteiger partial charge is 0.334 e. The highest BCUT2D eigenvalue weighted by atomic mass is 32.2. The molecule has 96 valence electrons. The van der Waals surface area contributed by atoms with Crippen molar-refractivity contribution in [1.82, 2.24) is 5.06 Å². The molecule has 0 bridgehead atoms. The minimum atomic E-state index is -0.537. The quantitative estimate of drug-likeness (QED) is 0.716. The summed E-state index contributed by atoms with van der Waals surface area (Å²) in [6.07, 6.45) is 0.449. The molecule has 1 fully saturated rings. The molecule has 1 aliphatic rings. The number of rotatable bonds is 4. The summed E-state index contributed by atoms with van der Waals surface area (Å²) >= 11 is 1.63. The lowest BCUT2D eigenvalue weighted by Crippen LogP contribution is -2.32. The molecule has 1 aliphatic heterocycles.